The molecular weight excluding hydrogens is 382 g/mol. The average molecular weight is 405 g/mol. The molecule has 0 saturated carbocycles. The second-order valence-corrected chi connectivity index (χ2v) is 9.18. The van der Waals surface area contributed by atoms with Crippen LogP contribution in [0.2, 0.25) is 0 Å². The third-order valence-corrected chi connectivity index (χ3v) is 6.72. The van der Waals surface area contributed by atoms with Gasteiger partial charge < -0.3 is 14.1 Å². The molecule has 8 heteroatoms. The fourth-order valence-corrected chi connectivity index (χ4v) is 5.19. The number of carbonyl (C=O) groups is 2. The van der Waals surface area contributed by atoms with E-state index in [1.165, 1.54) is 4.90 Å². The van der Waals surface area contributed by atoms with Gasteiger partial charge in [-0.3, -0.25) is 4.79 Å². The zero-order valence-electron chi connectivity index (χ0n) is 16.1. The first-order chi connectivity index (χ1) is 13.2. The van der Waals surface area contributed by atoms with Crippen LogP contribution in [0.5, 0.6) is 0 Å². The lowest BCUT2D eigenvalue weighted by molar-refractivity contribution is -0.122. The molecule has 0 radical (unpaired) electrons. The summed E-state index contributed by atoms with van der Waals surface area (Å²) >= 11 is 0. The Morgan fingerprint density at radius 1 is 1.14 bits per heavy atom. The van der Waals surface area contributed by atoms with Gasteiger partial charge in [-0.15, -0.1) is 0 Å². The minimum Gasteiger partial charge on any atom is -0.465 e. The molecule has 0 unspecified atom stereocenters. The van der Waals surface area contributed by atoms with Gasteiger partial charge >= 0.3 is 5.97 Å². The number of aryl methyl sites for hydroxylation is 2. The zero-order valence-corrected chi connectivity index (χ0v) is 16.9. The molecule has 0 spiro atoms. The molecule has 1 atom stereocenters. The molecule has 0 aliphatic carbocycles. The summed E-state index contributed by atoms with van der Waals surface area (Å²) in [4.78, 5) is 26.8. The number of nitrogens with zero attached hydrogens (tertiary/aromatic N) is 1. The number of amides is 1. The minimum absolute atomic E-state index is 0.0424. The van der Waals surface area contributed by atoms with Gasteiger partial charge in [-0.1, -0.05) is 18.2 Å². The van der Waals surface area contributed by atoms with E-state index in [0.29, 0.717) is 34.8 Å². The van der Waals surface area contributed by atoms with Crippen molar-refractivity contribution in [2.45, 2.75) is 33.2 Å². The second kappa shape index (κ2) is 7.79. The fraction of sp³-hybridized carbons (Fsp3) is 0.400. The van der Waals surface area contributed by atoms with Crippen LogP contribution in [-0.4, -0.2) is 44.4 Å². The maximum absolute atomic E-state index is 12.9. The van der Waals surface area contributed by atoms with Crippen molar-refractivity contribution in [2.75, 3.05) is 23.0 Å². The highest BCUT2D eigenvalue weighted by Gasteiger charge is 2.36. The van der Waals surface area contributed by atoms with Crippen molar-refractivity contribution in [3.05, 3.63) is 53.0 Å². The summed E-state index contributed by atoms with van der Waals surface area (Å²) in [7, 11) is -3.18. The number of hydrogen-bond acceptors (Lipinski definition) is 6. The van der Waals surface area contributed by atoms with Gasteiger partial charge in [0.25, 0.3) is 5.91 Å². The molecule has 1 saturated heterocycles. The van der Waals surface area contributed by atoms with E-state index in [4.69, 9.17) is 9.15 Å². The SMILES string of the molecule is Cc1oc(C)c(C(=O)OCC(=O)N(c2ccccc2)[C@@H]2CCS(=O)(=O)C2)c1C. The van der Waals surface area contributed by atoms with E-state index in [0.717, 1.165) is 0 Å². The van der Waals surface area contributed by atoms with Crippen molar-refractivity contribution in [3.8, 4) is 0 Å². The van der Waals surface area contributed by atoms with Crippen LogP contribution in [0, 0.1) is 20.8 Å². The Labute approximate surface area is 164 Å². The first kappa shape index (κ1) is 20.1. The topological polar surface area (TPSA) is 93.9 Å². The Kier molecular flexibility index (Phi) is 5.60. The highest BCUT2D eigenvalue weighted by atomic mass is 32.2. The van der Waals surface area contributed by atoms with Gasteiger partial charge in [0.05, 0.1) is 17.5 Å². The largest absolute Gasteiger partial charge is 0.465 e. The Bertz CT molecular complexity index is 993. The van der Waals surface area contributed by atoms with E-state index in [-0.39, 0.29) is 11.5 Å². The quantitative estimate of drug-likeness (QED) is 0.710. The van der Waals surface area contributed by atoms with Crippen LogP contribution in [0.25, 0.3) is 0 Å². The average Bonchev–Trinajstić information content (AvgIpc) is 3.12. The van der Waals surface area contributed by atoms with E-state index in [1.807, 2.05) is 6.07 Å². The third kappa shape index (κ3) is 4.11. The van der Waals surface area contributed by atoms with Crippen LogP contribution in [0.1, 0.15) is 33.9 Å². The number of furan rings is 1. The van der Waals surface area contributed by atoms with Crippen LogP contribution in [-0.2, 0) is 19.4 Å². The molecule has 1 aromatic heterocycles. The van der Waals surface area contributed by atoms with Crippen molar-refractivity contribution in [3.63, 3.8) is 0 Å². The number of anilines is 1. The number of para-hydroxylation sites is 1. The molecule has 1 aliphatic heterocycles. The molecule has 1 fully saturated rings. The van der Waals surface area contributed by atoms with Crippen LogP contribution < -0.4 is 4.90 Å². The first-order valence-corrected chi connectivity index (χ1v) is 10.8. The number of ether oxygens (including phenoxy) is 1. The van der Waals surface area contributed by atoms with Gasteiger partial charge in [0.2, 0.25) is 0 Å². The van der Waals surface area contributed by atoms with Crippen molar-refractivity contribution < 1.29 is 27.2 Å². The molecule has 0 bridgehead atoms. The maximum atomic E-state index is 12.9. The molecule has 0 N–H and O–H groups in total. The zero-order chi connectivity index (χ0) is 20.5. The Morgan fingerprint density at radius 3 is 2.36 bits per heavy atom. The smallest absolute Gasteiger partial charge is 0.342 e. The summed E-state index contributed by atoms with van der Waals surface area (Å²) in [5.74, 6) is -0.0851. The number of benzene rings is 1. The minimum atomic E-state index is -3.18. The summed E-state index contributed by atoms with van der Waals surface area (Å²) in [6, 6.07) is 8.34. The lowest BCUT2D eigenvalue weighted by Crippen LogP contribution is -2.43. The van der Waals surface area contributed by atoms with Crippen molar-refractivity contribution >= 4 is 27.4 Å². The number of hydrogen-bond donors (Lipinski definition) is 0. The molecule has 150 valence electrons. The van der Waals surface area contributed by atoms with Gasteiger partial charge in [-0.25, -0.2) is 13.2 Å². The molecule has 7 nitrogen and oxygen atoms in total. The standard InChI is InChI=1S/C20H23NO6S/c1-13-14(2)27-15(3)19(13)20(23)26-11-18(22)21(16-7-5-4-6-8-16)17-9-10-28(24,25)12-17/h4-8,17H,9-12H2,1-3H3/t17-/m1/s1. The van der Waals surface area contributed by atoms with Crippen molar-refractivity contribution in [2.24, 2.45) is 0 Å². The molecule has 2 aromatic rings. The van der Waals surface area contributed by atoms with Gasteiger partial charge in [-0.2, -0.15) is 0 Å². The summed E-state index contributed by atoms with van der Waals surface area (Å²) < 4.78 is 34.5. The van der Waals surface area contributed by atoms with Gasteiger partial charge in [0.1, 0.15) is 17.1 Å². The Balaban J connectivity index is 1.77. The highest BCUT2D eigenvalue weighted by Crippen LogP contribution is 2.25. The molecule has 1 amide bonds. The maximum Gasteiger partial charge on any atom is 0.342 e. The number of rotatable bonds is 5. The van der Waals surface area contributed by atoms with Crippen LogP contribution in [0.15, 0.2) is 34.7 Å². The van der Waals surface area contributed by atoms with E-state index in [9.17, 15) is 18.0 Å². The first-order valence-electron chi connectivity index (χ1n) is 9.01. The summed E-state index contributed by atoms with van der Waals surface area (Å²) in [6.07, 6.45) is 0.357. The van der Waals surface area contributed by atoms with Crippen LogP contribution in [0.3, 0.4) is 0 Å². The van der Waals surface area contributed by atoms with E-state index < -0.39 is 34.4 Å². The van der Waals surface area contributed by atoms with Crippen LogP contribution in [0.4, 0.5) is 5.69 Å². The third-order valence-electron chi connectivity index (χ3n) is 4.97. The van der Waals surface area contributed by atoms with E-state index >= 15 is 0 Å². The normalized spacial score (nSPS) is 18.0. The number of esters is 1. The molecule has 28 heavy (non-hydrogen) atoms. The van der Waals surface area contributed by atoms with E-state index in [2.05, 4.69) is 0 Å². The lowest BCUT2D eigenvalue weighted by Gasteiger charge is -2.28. The van der Waals surface area contributed by atoms with Gasteiger partial charge in [-0.05, 0) is 39.3 Å². The fourth-order valence-electron chi connectivity index (χ4n) is 3.49. The predicted molar refractivity (Wildman–Crippen MR) is 104 cm³/mol. The van der Waals surface area contributed by atoms with Crippen molar-refractivity contribution in [1.29, 1.82) is 0 Å². The molecule has 3 rings (SSSR count). The summed E-state index contributed by atoms with van der Waals surface area (Å²) in [5, 5.41) is 0. The molecule has 1 aromatic carbocycles. The van der Waals surface area contributed by atoms with Crippen molar-refractivity contribution in [1.82, 2.24) is 0 Å². The second-order valence-electron chi connectivity index (χ2n) is 6.95. The number of carbonyl (C=O) groups excluding carboxylic acids is 2. The molecule has 1 aliphatic rings. The van der Waals surface area contributed by atoms with Gasteiger partial charge in [0.15, 0.2) is 16.4 Å². The predicted octanol–water partition coefficient (Wildman–Crippen LogP) is 2.58. The molecular formula is C20H23NO6S. The lowest BCUT2D eigenvalue weighted by atomic mass is 10.1. The highest BCUT2D eigenvalue weighted by molar-refractivity contribution is 7.91. The Hall–Kier alpha value is -2.61. The summed E-state index contributed by atoms with van der Waals surface area (Å²) in [5.41, 5.74) is 1.58. The van der Waals surface area contributed by atoms with Gasteiger partial charge in [0, 0.05) is 11.3 Å². The Morgan fingerprint density at radius 2 is 1.82 bits per heavy atom. The van der Waals surface area contributed by atoms with Crippen LogP contribution >= 0.6 is 0 Å². The summed E-state index contributed by atoms with van der Waals surface area (Å²) in [6.45, 7) is 4.69. The monoisotopic (exact) mass is 405 g/mol. The molecule has 2 heterocycles. The number of sulfone groups is 1. The van der Waals surface area contributed by atoms with E-state index in [1.54, 1.807) is 45.0 Å².